The molecule has 0 saturated carbocycles. The lowest BCUT2D eigenvalue weighted by Crippen LogP contribution is -2.50. The van der Waals surface area contributed by atoms with Gasteiger partial charge in [0.2, 0.25) is 0 Å². The number of hydrogen-bond acceptors (Lipinski definition) is 30. The average molecular weight is 2150 g/mol. The topological polar surface area (TPSA) is 549 Å². The number of benzene rings is 4. The first-order chi connectivity index (χ1) is 62.1. The molecule has 39 nitrogen and oxygen atoms in total. The summed E-state index contributed by atoms with van der Waals surface area (Å²) in [6, 6.07) is 43.4. The number of piperazine rings is 1. The Balaban J connectivity index is 0.000000250. The number of carboxylic acid groups (broad SMARTS) is 2. The SMILES string of the molecule is C.CC(C)(C)OC(=O)N1CCN(c2ccc3cc(C(=O)Cc4cc(-c5ccccc5)cnc4[N+](=O)[O-])cnc3c2)CC1.CCOC(=O)Nc1cc(Br)cnc1[N+](=O)[O-].CCOC(=O)Nc1cncc(Br)c1.Nc1cc(-c2ccccc2)cnc1[N+](=O)[O-].Nc1cc(Br)cnc1[N+](=O)[O-].O=C(O)c1cnc2cc(N3CCCCC3)ccc2c1.O=C(O)c1cncc(Br)c1.O=P(Cl)(Cl)Cl. The van der Waals surface area contributed by atoms with Crippen LogP contribution >= 0.6 is 103 Å². The number of nitrogens with two attached hydrogens (primary N) is 2. The Morgan fingerprint density at radius 1 is 0.477 bits per heavy atom. The molecule has 10 heterocycles. The number of amides is 3. The van der Waals surface area contributed by atoms with Crippen LogP contribution in [0.25, 0.3) is 44.1 Å². The van der Waals surface area contributed by atoms with Gasteiger partial charge in [0.1, 0.15) is 35.1 Å². The Labute approximate surface area is 802 Å². The Hall–Kier alpha value is -13.2. The molecular formula is C85H85Br4Cl3N19O20P. The van der Waals surface area contributed by atoms with E-state index >= 15 is 0 Å². The highest BCUT2D eigenvalue weighted by molar-refractivity contribution is 9.11. The van der Waals surface area contributed by atoms with Crippen molar-refractivity contribution in [2.45, 2.75) is 73.3 Å². The zero-order chi connectivity index (χ0) is 96.2. The number of aromatic nitrogens is 8. The summed E-state index contributed by atoms with van der Waals surface area (Å²) in [6.07, 6.45) is 16.5. The van der Waals surface area contributed by atoms with Crippen molar-refractivity contribution in [3.8, 4) is 22.3 Å². The third-order valence-corrected chi connectivity index (χ3v) is 19.1. The number of nitrogens with zero attached hydrogens (tertiary/aromatic N) is 15. The quantitative estimate of drug-likeness (QED) is 0.0162. The molecule has 3 amide bonds. The molecule has 2 aliphatic rings. The number of rotatable bonds is 17. The minimum atomic E-state index is -3.22. The molecule has 2 fully saturated rings. The van der Waals surface area contributed by atoms with E-state index in [2.05, 4.69) is 169 Å². The number of carboxylic acids is 2. The molecule has 47 heteroatoms. The predicted octanol–water partition coefficient (Wildman–Crippen LogP) is 21.9. The summed E-state index contributed by atoms with van der Waals surface area (Å²) in [5, 5.41) is 63.6. The van der Waals surface area contributed by atoms with Gasteiger partial charge in [0.25, 0.3) is 0 Å². The number of ketones is 1. The fraction of sp³-hybridized carbons (Fsp3) is 0.224. The number of hydrogen-bond donors (Lipinski definition) is 6. The predicted molar refractivity (Wildman–Crippen MR) is 517 cm³/mol. The summed E-state index contributed by atoms with van der Waals surface area (Å²) >= 11 is 26.4. The number of carbonyl (C=O) groups excluding carboxylic acids is 4. The maximum absolute atomic E-state index is 13.2. The van der Waals surface area contributed by atoms with E-state index in [1.54, 1.807) is 61.5 Å². The minimum absolute atomic E-state index is 0. The van der Waals surface area contributed by atoms with E-state index in [0.717, 1.165) is 61.7 Å². The first kappa shape index (κ1) is 108. The van der Waals surface area contributed by atoms with Gasteiger partial charge in [-0.05, 0) is 275 Å². The van der Waals surface area contributed by atoms with Crippen LogP contribution in [0.5, 0.6) is 0 Å². The lowest BCUT2D eigenvalue weighted by molar-refractivity contribution is -0.390. The molecule has 0 atom stereocenters. The standard InChI is InChI=1S/C31H31N5O5.C15H16N2O2.C11H9N3O2.C8H8BrN3O4.C8H9BrN2O2.C6H4BrNO2.C5H4BrN3O2.CH4.Cl3OP/c1-31(2,3)41-30(38)35-13-11-34(12-14-35)26-10-9-22-15-25(20-32-27(22)18-26)28(37)17-23-16-24(19-33-29(23)36(39)40)21-7-5-4-6-8-21;18-15(19)12-8-11-4-5-13(9-14(11)16-10-12)17-6-2-1-3-7-17;12-10-6-9(7-13-11(10)14(15)16)8-4-2-1-3-5-8;1-2-16-8(13)11-6-3-5(9)4-10-7(6)12(14)15;1-2-13-8(12)11-7-3-6(9)4-10-5-7;7-5-1-4(6(9)10)2-8-3-5;6-3-1-4(7)5(8-2-3)9(10)11;;1-5(2,3)4/h4-10,15-16,18-20H,11-14,17H2,1-3H3;4-5,8-10H,1-3,6-7H2,(H,18,19);1-7H,12H2;3-4H,2H2,1H3,(H,11,13);3-5H,2H2,1H3,(H,11,12);1-3H,(H,9,10);1-2H,7H2;1H4;. The number of nitro groups is 4. The molecule has 14 rings (SSSR count). The number of nitrogen functional groups attached to an aromatic ring is 2. The van der Waals surface area contributed by atoms with Crippen LogP contribution in [0.2, 0.25) is 0 Å². The fourth-order valence-electron chi connectivity index (χ4n) is 11.6. The van der Waals surface area contributed by atoms with Crippen molar-refractivity contribution in [1.82, 2.24) is 44.8 Å². The van der Waals surface area contributed by atoms with Gasteiger partial charge in [0.05, 0.1) is 61.8 Å². The number of halogens is 7. The molecule has 2 saturated heterocycles. The van der Waals surface area contributed by atoms with Gasteiger partial charge >= 0.3 is 58.7 Å². The van der Waals surface area contributed by atoms with E-state index in [0.29, 0.717) is 63.0 Å². The Morgan fingerprint density at radius 3 is 1.36 bits per heavy atom. The van der Waals surface area contributed by atoms with Gasteiger partial charge in [-0.1, -0.05) is 80.2 Å². The second-order valence-electron chi connectivity index (χ2n) is 28.0. The number of fused-ring (bicyclic) bond motifs is 2. The Bertz CT molecular complexity index is 6110. The van der Waals surface area contributed by atoms with E-state index in [-0.39, 0.29) is 83.5 Å². The smallest absolute Gasteiger partial charge is 0.411 e. The van der Waals surface area contributed by atoms with Gasteiger partial charge < -0.3 is 91.0 Å². The van der Waals surface area contributed by atoms with Crippen LogP contribution in [-0.2, 0) is 25.2 Å². The van der Waals surface area contributed by atoms with Crippen LogP contribution < -0.4 is 31.9 Å². The summed E-state index contributed by atoms with van der Waals surface area (Å²) in [5.74, 6) is -3.56. The first-order valence-corrected chi connectivity index (χ1v) is 46.2. The first-order valence-electron chi connectivity index (χ1n) is 38.6. The molecule has 2 aliphatic heterocycles. The molecular weight excluding hydrogens is 2060 g/mol. The third-order valence-electron chi connectivity index (χ3n) is 17.4. The zero-order valence-electron chi connectivity index (χ0n) is 69.8. The molecule has 0 radical (unpaired) electrons. The van der Waals surface area contributed by atoms with Crippen molar-refractivity contribution in [2.24, 2.45) is 0 Å². The molecule has 132 heavy (non-hydrogen) atoms. The summed E-state index contributed by atoms with van der Waals surface area (Å²) < 4.78 is 26.9. The van der Waals surface area contributed by atoms with Crippen molar-refractivity contribution >= 4 is 218 Å². The van der Waals surface area contributed by atoms with Crippen LogP contribution in [0, 0.1) is 40.5 Å². The van der Waals surface area contributed by atoms with Crippen LogP contribution in [0.3, 0.4) is 0 Å². The van der Waals surface area contributed by atoms with Crippen molar-refractivity contribution < 1.29 is 77.4 Å². The number of carbonyl (C=O) groups is 6. The van der Waals surface area contributed by atoms with Gasteiger partial charge in [-0.15, -0.1) is 0 Å². The molecule has 8 aromatic heterocycles. The molecule has 694 valence electrons. The highest BCUT2D eigenvalue weighted by atomic mass is 79.9. The number of Topliss-reactive ketones (excluding diaryl/α,β-unsaturated/α-hetero) is 1. The van der Waals surface area contributed by atoms with Crippen LogP contribution in [0.15, 0.2) is 225 Å². The van der Waals surface area contributed by atoms with Gasteiger partial charge in [0.15, 0.2) is 18.2 Å². The zero-order valence-corrected chi connectivity index (χ0v) is 79.3. The van der Waals surface area contributed by atoms with Crippen molar-refractivity contribution in [3.63, 3.8) is 0 Å². The van der Waals surface area contributed by atoms with Crippen LogP contribution in [0.1, 0.15) is 97.9 Å². The Kier molecular flexibility index (Phi) is 42.9. The third kappa shape index (κ3) is 36.3. The second kappa shape index (κ2) is 52.6. The van der Waals surface area contributed by atoms with Crippen molar-refractivity contribution in [3.05, 3.63) is 288 Å². The summed E-state index contributed by atoms with van der Waals surface area (Å²) in [7, 11) is 0. The number of anilines is 6. The van der Waals surface area contributed by atoms with Crippen LogP contribution in [0.4, 0.5) is 71.8 Å². The monoisotopic (exact) mass is 2140 g/mol. The maximum atomic E-state index is 13.2. The highest BCUT2D eigenvalue weighted by Crippen LogP contribution is 2.61. The Morgan fingerprint density at radius 2 is 0.902 bits per heavy atom. The van der Waals surface area contributed by atoms with Crippen LogP contribution in [-0.4, -0.2) is 169 Å². The molecule has 4 aromatic carbocycles. The summed E-state index contributed by atoms with van der Waals surface area (Å²) in [6.45, 7) is 14.1. The van der Waals surface area contributed by atoms with Gasteiger partial charge in [0, 0.05) is 124 Å². The summed E-state index contributed by atoms with van der Waals surface area (Å²) in [5.41, 5.74) is 19.1. The molecule has 12 aromatic rings. The van der Waals surface area contributed by atoms with E-state index in [1.165, 1.54) is 92.7 Å². The molecule has 0 spiro atoms. The largest absolute Gasteiger partial charge is 0.478 e. The number of ether oxygens (including phenoxy) is 3. The lowest BCUT2D eigenvalue weighted by Gasteiger charge is -2.36. The number of nitrogens with one attached hydrogen (secondary N) is 2. The van der Waals surface area contributed by atoms with Crippen molar-refractivity contribution in [1.29, 1.82) is 0 Å². The lowest BCUT2D eigenvalue weighted by atomic mass is 10.00. The molecule has 0 aliphatic carbocycles. The summed E-state index contributed by atoms with van der Waals surface area (Å²) in [4.78, 5) is 147. The number of aromatic carboxylic acids is 2. The second-order valence-corrected chi connectivity index (χ2v) is 38.3. The molecule has 8 N–H and O–H groups in total. The number of piperidine rings is 1. The van der Waals surface area contributed by atoms with E-state index in [9.17, 15) is 73.8 Å². The fourth-order valence-corrected chi connectivity index (χ4v) is 13.0. The average Bonchev–Trinajstić information content (AvgIpc) is 0.796. The maximum Gasteiger partial charge on any atom is 0.411 e. The van der Waals surface area contributed by atoms with Crippen molar-refractivity contribution in [2.75, 3.05) is 84.4 Å². The van der Waals surface area contributed by atoms with Gasteiger partial charge in [-0.3, -0.25) is 39.9 Å². The minimum Gasteiger partial charge on any atom is -0.478 e. The van der Waals surface area contributed by atoms with E-state index in [1.807, 2.05) is 112 Å². The van der Waals surface area contributed by atoms with E-state index in [4.69, 9.17) is 31.2 Å². The van der Waals surface area contributed by atoms with Gasteiger partial charge in [-0.2, -0.15) is 0 Å². The molecule has 0 bridgehead atoms. The normalized spacial score (nSPS) is 11.8. The van der Waals surface area contributed by atoms with Gasteiger partial charge in [-0.25, -0.2) is 24.0 Å². The van der Waals surface area contributed by atoms with E-state index < -0.39 is 60.4 Å². The number of pyridine rings is 8. The molecule has 0 unspecified atom stereocenters. The highest BCUT2D eigenvalue weighted by Gasteiger charge is 2.28.